The Balaban J connectivity index is 2.00. The van der Waals surface area contributed by atoms with Crippen LogP contribution >= 0.6 is 12.2 Å². The minimum Gasteiger partial charge on any atom is -0.383 e. The molecular formula is C22H25N5O2S. The highest BCUT2D eigenvalue weighted by Crippen LogP contribution is 2.22. The van der Waals surface area contributed by atoms with E-state index in [1.807, 2.05) is 69.3 Å². The number of hydrogen-bond donors (Lipinski definition) is 3. The summed E-state index contributed by atoms with van der Waals surface area (Å²) in [6.07, 6.45) is 0. The van der Waals surface area contributed by atoms with Crippen molar-refractivity contribution < 1.29 is 0 Å². The first-order valence-electron chi connectivity index (χ1n) is 9.64. The lowest BCUT2D eigenvalue weighted by Crippen LogP contribution is -2.42. The standard InChI is InChI=1S/C22H25N5O2S/c1-4-26(22(30)24-17-12-8-9-14(2)15(17)3)18-19(23)27(21(29)25-20(18)28)13-16-10-6-5-7-11-16/h5-12H,4,13,23H2,1-3H3,(H,24,30)(H,25,28,29). The third kappa shape index (κ3) is 4.28. The molecule has 1 heterocycles. The Morgan fingerprint density at radius 3 is 2.50 bits per heavy atom. The number of H-pyrrole nitrogens is 1. The minimum absolute atomic E-state index is 0.0690. The van der Waals surface area contributed by atoms with Crippen LogP contribution in [0.5, 0.6) is 0 Å². The van der Waals surface area contributed by atoms with E-state index in [0.29, 0.717) is 11.7 Å². The second-order valence-corrected chi connectivity index (χ2v) is 7.37. The van der Waals surface area contributed by atoms with Crippen LogP contribution in [-0.2, 0) is 6.54 Å². The molecule has 0 aliphatic rings. The van der Waals surface area contributed by atoms with Gasteiger partial charge in [-0.3, -0.25) is 14.3 Å². The van der Waals surface area contributed by atoms with Crippen molar-refractivity contribution in [1.82, 2.24) is 9.55 Å². The van der Waals surface area contributed by atoms with Gasteiger partial charge in [0.1, 0.15) is 5.82 Å². The number of nitrogen functional groups attached to an aromatic ring is 1. The van der Waals surface area contributed by atoms with Crippen LogP contribution in [0.3, 0.4) is 0 Å². The second kappa shape index (κ2) is 8.96. The van der Waals surface area contributed by atoms with Crippen molar-refractivity contribution >= 4 is 34.5 Å². The number of nitrogens with two attached hydrogens (primary N) is 1. The van der Waals surface area contributed by atoms with Gasteiger partial charge in [-0.15, -0.1) is 0 Å². The van der Waals surface area contributed by atoms with Crippen molar-refractivity contribution in [3.8, 4) is 0 Å². The maximum absolute atomic E-state index is 12.7. The van der Waals surface area contributed by atoms with E-state index < -0.39 is 11.2 Å². The molecule has 0 saturated carbocycles. The number of anilines is 3. The van der Waals surface area contributed by atoms with E-state index in [9.17, 15) is 9.59 Å². The van der Waals surface area contributed by atoms with Gasteiger partial charge in [0.2, 0.25) is 0 Å². The van der Waals surface area contributed by atoms with Crippen LogP contribution in [0.25, 0.3) is 0 Å². The van der Waals surface area contributed by atoms with Crippen molar-refractivity contribution in [3.63, 3.8) is 0 Å². The van der Waals surface area contributed by atoms with Gasteiger partial charge in [0.15, 0.2) is 10.8 Å². The third-order valence-corrected chi connectivity index (χ3v) is 5.40. The summed E-state index contributed by atoms with van der Waals surface area (Å²) in [5, 5.41) is 3.53. The zero-order valence-corrected chi connectivity index (χ0v) is 18.0. The van der Waals surface area contributed by atoms with Gasteiger partial charge in [0, 0.05) is 12.2 Å². The van der Waals surface area contributed by atoms with Gasteiger partial charge in [-0.25, -0.2) is 4.79 Å². The Morgan fingerprint density at radius 1 is 1.13 bits per heavy atom. The van der Waals surface area contributed by atoms with Gasteiger partial charge in [-0.1, -0.05) is 42.5 Å². The highest BCUT2D eigenvalue weighted by Gasteiger charge is 2.21. The molecule has 0 radical (unpaired) electrons. The highest BCUT2D eigenvalue weighted by molar-refractivity contribution is 7.80. The highest BCUT2D eigenvalue weighted by atomic mass is 32.1. The molecule has 1 aromatic heterocycles. The summed E-state index contributed by atoms with van der Waals surface area (Å²) in [6, 6.07) is 15.3. The van der Waals surface area contributed by atoms with Crippen molar-refractivity contribution in [3.05, 3.63) is 86.1 Å². The molecule has 0 amide bonds. The molecule has 3 rings (SSSR count). The molecule has 0 spiro atoms. The van der Waals surface area contributed by atoms with E-state index in [1.165, 1.54) is 4.57 Å². The number of aromatic amines is 1. The molecule has 0 saturated heterocycles. The Morgan fingerprint density at radius 2 is 1.83 bits per heavy atom. The largest absolute Gasteiger partial charge is 0.383 e. The number of aryl methyl sites for hydroxylation is 1. The van der Waals surface area contributed by atoms with Crippen LogP contribution in [0.2, 0.25) is 0 Å². The average molecular weight is 424 g/mol. The summed E-state index contributed by atoms with van der Waals surface area (Å²) in [7, 11) is 0. The normalized spacial score (nSPS) is 10.6. The maximum Gasteiger partial charge on any atom is 0.330 e. The Bertz CT molecular complexity index is 1180. The van der Waals surface area contributed by atoms with Crippen molar-refractivity contribution in [2.75, 3.05) is 22.5 Å². The molecule has 0 fully saturated rings. The predicted molar refractivity (Wildman–Crippen MR) is 126 cm³/mol. The van der Waals surface area contributed by atoms with Gasteiger partial charge >= 0.3 is 5.69 Å². The lowest BCUT2D eigenvalue weighted by Gasteiger charge is -2.26. The Labute approximate surface area is 180 Å². The van der Waals surface area contributed by atoms with E-state index in [1.54, 1.807) is 4.90 Å². The van der Waals surface area contributed by atoms with Crippen LogP contribution in [0.1, 0.15) is 23.6 Å². The fourth-order valence-electron chi connectivity index (χ4n) is 3.23. The van der Waals surface area contributed by atoms with Crippen LogP contribution in [0.15, 0.2) is 58.1 Å². The molecule has 156 valence electrons. The lowest BCUT2D eigenvalue weighted by molar-refractivity contribution is 0.730. The van der Waals surface area contributed by atoms with E-state index in [0.717, 1.165) is 22.4 Å². The van der Waals surface area contributed by atoms with Crippen LogP contribution in [-0.4, -0.2) is 21.2 Å². The molecule has 7 nitrogen and oxygen atoms in total. The number of nitrogens with zero attached hydrogens (tertiary/aromatic N) is 2. The van der Waals surface area contributed by atoms with Crippen molar-refractivity contribution in [2.24, 2.45) is 0 Å². The molecule has 0 unspecified atom stereocenters. The molecule has 4 N–H and O–H groups in total. The summed E-state index contributed by atoms with van der Waals surface area (Å²) in [6.45, 7) is 6.52. The van der Waals surface area contributed by atoms with E-state index in [2.05, 4.69) is 10.3 Å². The van der Waals surface area contributed by atoms with Gasteiger partial charge < -0.3 is 16.0 Å². The number of thiocarbonyl (C=S) groups is 1. The maximum atomic E-state index is 12.7. The Kier molecular flexibility index (Phi) is 6.37. The molecule has 0 bridgehead atoms. The Hall–Kier alpha value is -3.39. The minimum atomic E-state index is -0.575. The zero-order chi connectivity index (χ0) is 21.8. The number of aromatic nitrogens is 2. The summed E-state index contributed by atoms with van der Waals surface area (Å²) < 4.78 is 1.34. The summed E-state index contributed by atoms with van der Waals surface area (Å²) in [5.74, 6) is 0.0690. The molecule has 2 aromatic carbocycles. The van der Waals surface area contributed by atoms with E-state index >= 15 is 0 Å². The number of benzene rings is 2. The van der Waals surface area contributed by atoms with E-state index in [4.69, 9.17) is 18.0 Å². The molecule has 3 aromatic rings. The third-order valence-electron chi connectivity index (χ3n) is 5.08. The van der Waals surface area contributed by atoms with Gasteiger partial charge in [-0.05, 0) is 55.7 Å². The van der Waals surface area contributed by atoms with Crippen LogP contribution < -0.4 is 27.2 Å². The topological polar surface area (TPSA) is 96.2 Å². The SMILES string of the molecule is CCN(C(=S)Nc1cccc(C)c1C)c1c(N)n(Cc2ccccc2)c(=O)[nH]c1=O. The summed E-state index contributed by atoms with van der Waals surface area (Å²) >= 11 is 5.59. The first-order valence-corrected chi connectivity index (χ1v) is 10.1. The van der Waals surface area contributed by atoms with Gasteiger partial charge in [-0.2, -0.15) is 0 Å². The smallest absolute Gasteiger partial charge is 0.330 e. The molecule has 8 heteroatoms. The fraction of sp³-hybridized carbons (Fsp3) is 0.227. The van der Waals surface area contributed by atoms with Crippen LogP contribution in [0, 0.1) is 13.8 Å². The average Bonchev–Trinajstić information content (AvgIpc) is 2.72. The monoisotopic (exact) mass is 423 g/mol. The van der Waals surface area contributed by atoms with Crippen molar-refractivity contribution in [1.29, 1.82) is 0 Å². The van der Waals surface area contributed by atoms with Crippen LogP contribution in [0.4, 0.5) is 17.2 Å². The second-order valence-electron chi connectivity index (χ2n) is 6.99. The van der Waals surface area contributed by atoms with Crippen molar-refractivity contribution in [2.45, 2.75) is 27.3 Å². The first kappa shape index (κ1) is 21.3. The zero-order valence-electron chi connectivity index (χ0n) is 17.2. The quantitative estimate of drug-likeness (QED) is 0.546. The summed E-state index contributed by atoms with van der Waals surface area (Å²) in [4.78, 5) is 29.1. The number of rotatable bonds is 5. The molecule has 30 heavy (non-hydrogen) atoms. The van der Waals surface area contributed by atoms with E-state index in [-0.39, 0.29) is 18.1 Å². The number of hydrogen-bond acceptors (Lipinski definition) is 4. The molecule has 0 atom stereocenters. The number of nitrogens with one attached hydrogen (secondary N) is 2. The predicted octanol–water partition coefficient (Wildman–Crippen LogP) is 3.01. The molecule has 0 aliphatic carbocycles. The first-order chi connectivity index (χ1) is 14.3. The summed E-state index contributed by atoms with van der Waals surface area (Å²) in [5.41, 5.74) is 9.25. The molecule has 0 aliphatic heterocycles. The van der Waals surface area contributed by atoms with Gasteiger partial charge in [0.05, 0.1) is 6.54 Å². The molecular weight excluding hydrogens is 398 g/mol. The fourth-order valence-corrected chi connectivity index (χ4v) is 3.56. The lowest BCUT2D eigenvalue weighted by atomic mass is 10.1. The van der Waals surface area contributed by atoms with Gasteiger partial charge in [0.25, 0.3) is 5.56 Å².